The summed E-state index contributed by atoms with van der Waals surface area (Å²) in [6.07, 6.45) is 3.73. The Bertz CT molecular complexity index is 309. The van der Waals surface area contributed by atoms with E-state index in [9.17, 15) is 4.79 Å². The summed E-state index contributed by atoms with van der Waals surface area (Å²) in [5.41, 5.74) is 0.865. The maximum Gasteiger partial charge on any atom is 0.138 e. The van der Waals surface area contributed by atoms with Gasteiger partial charge in [0.05, 0.1) is 0 Å². The minimum Gasteiger partial charge on any atom is -0.315 e. The van der Waals surface area contributed by atoms with E-state index in [4.69, 9.17) is 0 Å². The van der Waals surface area contributed by atoms with Crippen LogP contribution in [0.2, 0.25) is 0 Å². The van der Waals surface area contributed by atoms with Gasteiger partial charge in [-0.05, 0) is 25.1 Å². The van der Waals surface area contributed by atoms with Crippen LogP contribution in [0.1, 0.15) is 32.4 Å². The fourth-order valence-corrected chi connectivity index (χ4v) is 1.47. The van der Waals surface area contributed by atoms with Crippen molar-refractivity contribution in [2.24, 2.45) is 0 Å². The molecule has 0 saturated heterocycles. The lowest BCUT2D eigenvalue weighted by molar-refractivity contribution is -0.118. The average molecular weight is 220 g/mol. The Hall–Kier alpha value is -1.22. The lowest BCUT2D eigenvalue weighted by Gasteiger charge is -2.06. The van der Waals surface area contributed by atoms with Crippen molar-refractivity contribution in [3.05, 3.63) is 30.1 Å². The first kappa shape index (κ1) is 12.8. The highest BCUT2D eigenvalue weighted by Crippen LogP contribution is 2.00. The molecule has 0 spiro atoms. The molecule has 0 radical (unpaired) electrons. The maximum absolute atomic E-state index is 11.6. The van der Waals surface area contributed by atoms with E-state index < -0.39 is 0 Å². The maximum atomic E-state index is 11.6. The first-order valence-electron chi connectivity index (χ1n) is 5.83. The van der Waals surface area contributed by atoms with Gasteiger partial charge in [0.25, 0.3) is 0 Å². The number of Topliss-reactive ketones (excluding diaryl/α,β-unsaturated/α-hetero) is 1. The van der Waals surface area contributed by atoms with Crippen LogP contribution in [0, 0.1) is 0 Å². The summed E-state index contributed by atoms with van der Waals surface area (Å²) in [6, 6.07) is 6.16. The highest BCUT2D eigenvalue weighted by Gasteiger charge is 2.04. The second-order valence-electron chi connectivity index (χ2n) is 4.25. The van der Waals surface area contributed by atoms with Crippen LogP contribution in [0.15, 0.2) is 24.4 Å². The van der Waals surface area contributed by atoms with E-state index in [2.05, 4.69) is 24.1 Å². The highest BCUT2D eigenvalue weighted by molar-refractivity contribution is 5.80. The van der Waals surface area contributed by atoms with Gasteiger partial charge in [0.1, 0.15) is 5.78 Å². The molecule has 88 valence electrons. The van der Waals surface area contributed by atoms with Gasteiger partial charge in [0.2, 0.25) is 0 Å². The number of nitrogens with one attached hydrogen (secondary N) is 1. The van der Waals surface area contributed by atoms with Gasteiger partial charge in [-0.1, -0.05) is 19.9 Å². The van der Waals surface area contributed by atoms with Crippen LogP contribution in [-0.2, 0) is 11.2 Å². The second kappa shape index (κ2) is 7.12. The molecule has 3 nitrogen and oxygen atoms in total. The molecule has 16 heavy (non-hydrogen) atoms. The zero-order valence-corrected chi connectivity index (χ0v) is 10.1. The third-order valence-corrected chi connectivity index (χ3v) is 2.29. The molecule has 0 saturated carbocycles. The summed E-state index contributed by atoms with van der Waals surface area (Å²) >= 11 is 0. The third-order valence-electron chi connectivity index (χ3n) is 2.29. The monoisotopic (exact) mass is 220 g/mol. The molecule has 0 atom stereocenters. The van der Waals surface area contributed by atoms with Crippen molar-refractivity contribution < 1.29 is 4.79 Å². The van der Waals surface area contributed by atoms with Crippen LogP contribution >= 0.6 is 0 Å². The van der Waals surface area contributed by atoms with Crippen molar-refractivity contribution in [1.29, 1.82) is 0 Å². The molecule has 0 bridgehead atoms. The van der Waals surface area contributed by atoms with Crippen molar-refractivity contribution in [2.75, 3.05) is 6.54 Å². The molecule has 1 aromatic heterocycles. The largest absolute Gasteiger partial charge is 0.315 e. The molecule has 1 N–H and O–H groups in total. The molecule has 1 rings (SSSR count). The number of hydrogen-bond acceptors (Lipinski definition) is 3. The number of carbonyl (C=O) groups excluding carboxylic acids is 1. The van der Waals surface area contributed by atoms with E-state index in [-0.39, 0.29) is 5.78 Å². The number of aromatic nitrogens is 1. The smallest absolute Gasteiger partial charge is 0.138 e. The number of rotatable bonds is 7. The quantitative estimate of drug-likeness (QED) is 0.714. The molecule has 0 aromatic carbocycles. The molecular weight excluding hydrogens is 200 g/mol. The van der Waals surface area contributed by atoms with E-state index >= 15 is 0 Å². The normalized spacial score (nSPS) is 10.7. The van der Waals surface area contributed by atoms with Crippen molar-refractivity contribution >= 4 is 5.78 Å². The Balaban J connectivity index is 2.17. The number of ketones is 1. The Labute approximate surface area is 97.3 Å². The van der Waals surface area contributed by atoms with Crippen molar-refractivity contribution in [3.63, 3.8) is 0 Å². The van der Waals surface area contributed by atoms with Crippen LogP contribution in [0.25, 0.3) is 0 Å². The van der Waals surface area contributed by atoms with E-state index in [1.807, 2.05) is 18.2 Å². The number of carbonyl (C=O) groups is 1. The molecular formula is C13H20N2O. The standard InChI is InChI=1S/C13H20N2O/c1-11(2)14-9-5-7-13(16)10-12-6-3-4-8-15-12/h3-4,6,8,11,14H,5,7,9-10H2,1-2H3. The summed E-state index contributed by atoms with van der Waals surface area (Å²) in [5, 5.41) is 3.30. The van der Waals surface area contributed by atoms with Crippen molar-refractivity contribution in [1.82, 2.24) is 10.3 Å². The van der Waals surface area contributed by atoms with Gasteiger partial charge < -0.3 is 5.32 Å². The number of pyridine rings is 1. The van der Waals surface area contributed by atoms with Gasteiger partial charge >= 0.3 is 0 Å². The first-order chi connectivity index (χ1) is 7.68. The molecule has 3 heteroatoms. The Morgan fingerprint density at radius 2 is 2.25 bits per heavy atom. The highest BCUT2D eigenvalue weighted by atomic mass is 16.1. The zero-order valence-electron chi connectivity index (χ0n) is 10.1. The van der Waals surface area contributed by atoms with E-state index in [1.165, 1.54) is 0 Å². The van der Waals surface area contributed by atoms with E-state index in [1.54, 1.807) is 6.20 Å². The van der Waals surface area contributed by atoms with Gasteiger partial charge in [-0.25, -0.2) is 0 Å². The van der Waals surface area contributed by atoms with Crippen molar-refractivity contribution in [2.45, 2.75) is 39.2 Å². The lowest BCUT2D eigenvalue weighted by Crippen LogP contribution is -2.24. The minimum absolute atomic E-state index is 0.268. The van der Waals surface area contributed by atoms with Crippen LogP contribution in [0.4, 0.5) is 0 Å². The second-order valence-corrected chi connectivity index (χ2v) is 4.25. The summed E-state index contributed by atoms with van der Waals surface area (Å²) in [5.74, 6) is 0.268. The third kappa shape index (κ3) is 5.61. The lowest BCUT2D eigenvalue weighted by atomic mass is 10.1. The molecule has 0 aliphatic rings. The SMILES string of the molecule is CC(C)NCCCC(=O)Cc1ccccn1. The van der Waals surface area contributed by atoms with Crippen LogP contribution < -0.4 is 5.32 Å². The van der Waals surface area contributed by atoms with Gasteiger partial charge in [0.15, 0.2) is 0 Å². The van der Waals surface area contributed by atoms with Crippen LogP contribution in [0.5, 0.6) is 0 Å². The van der Waals surface area contributed by atoms with Gasteiger partial charge in [-0.15, -0.1) is 0 Å². The fraction of sp³-hybridized carbons (Fsp3) is 0.538. The van der Waals surface area contributed by atoms with Crippen LogP contribution in [0.3, 0.4) is 0 Å². The number of hydrogen-bond donors (Lipinski definition) is 1. The summed E-state index contributed by atoms with van der Waals surface area (Å²) in [4.78, 5) is 15.7. The molecule has 1 aromatic rings. The predicted molar refractivity (Wildman–Crippen MR) is 65.3 cm³/mol. The van der Waals surface area contributed by atoms with Gasteiger partial charge in [-0.3, -0.25) is 9.78 Å². The molecule has 0 aliphatic heterocycles. The predicted octanol–water partition coefficient (Wildman–Crippen LogP) is 1.97. The van der Waals surface area contributed by atoms with Crippen molar-refractivity contribution in [3.8, 4) is 0 Å². The Kier molecular flexibility index (Phi) is 5.72. The molecule has 0 fully saturated rings. The van der Waals surface area contributed by atoms with E-state index in [0.29, 0.717) is 18.9 Å². The topological polar surface area (TPSA) is 42.0 Å². The minimum atomic E-state index is 0.268. The summed E-state index contributed by atoms with van der Waals surface area (Å²) in [7, 11) is 0. The summed E-state index contributed by atoms with van der Waals surface area (Å²) in [6.45, 7) is 5.12. The molecule has 0 unspecified atom stereocenters. The number of nitrogens with zero attached hydrogens (tertiary/aromatic N) is 1. The Morgan fingerprint density at radius 3 is 2.88 bits per heavy atom. The fourth-order valence-electron chi connectivity index (χ4n) is 1.47. The summed E-state index contributed by atoms with van der Waals surface area (Å²) < 4.78 is 0. The van der Waals surface area contributed by atoms with Gasteiger partial charge in [0, 0.05) is 30.8 Å². The average Bonchev–Trinajstić information content (AvgIpc) is 2.25. The molecule has 1 heterocycles. The Morgan fingerprint density at radius 1 is 1.44 bits per heavy atom. The van der Waals surface area contributed by atoms with E-state index in [0.717, 1.165) is 18.7 Å². The molecule has 0 amide bonds. The van der Waals surface area contributed by atoms with Gasteiger partial charge in [-0.2, -0.15) is 0 Å². The van der Waals surface area contributed by atoms with Crippen LogP contribution in [-0.4, -0.2) is 23.4 Å². The molecule has 0 aliphatic carbocycles. The zero-order chi connectivity index (χ0) is 11.8. The first-order valence-corrected chi connectivity index (χ1v) is 5.83.